The van der Waals surface area contributed by atoms with E-state index in [0.29, 0.717) is 12.2 Å². The van der Waals surface area contributed by atoms with Crippen molar-refractivity contribution >= 4 is 0 Å². The normalized spacial score (nSPS) is 14.3. The molecule has 0 fully saturated rings. The standard InChI is InChI=1S/C13H20O3/c1-5-8-13(2,14)11-7-6-10(15-3)9-12(11)16-4/h6-7,9,14H,5,8H2,1-4H3/t13-/m1/s1. The van der Waals surface area contributed by atoms with Crippen LogP contribution in [0.15, 0.2) is 18.2 Å². The molecular weight excluding hydrogens is 204 g/mol. The average molecular weight is 224 g/mol. The predicted molar refractivity (Wildman–Crippen MR) is 64.0 cm³/mol. The van der Waals surface area contributed by atoms with Gasteiger partial charge >= 0.3 is 0 Å². The second kappa shape index (κ2) is 5.21. The van der Waals surface area contributed by atoms with Crippen LogP contribution in [0.5, 0.6) is 11.5 Å². The Morgan fingerprint density at radius 1 is 1.25 bits per heavy atom. The van der Waals surface area contributed by atoms with Crippen LogP contribution in [0.1, 0.15) is 32.3 Å². The zero-order chi connectivity index (χ0) is 12.2. The van der Waals surface area contributed by atoms with Gasteiger partial charge in [-0.3, -0.25) is 0 Å². The maximum absolute atomic E-state index is 10.3. The molecule has 0 aromatic heterocycles. The zero-order valence-corrected chi connectivity index (χ0v) is 10.4. The van der Waals surface area contributed by atoms with Crippen molar-refractivity contribution in [3.63, 3.8) is 0 Å². The Bertz CT molecular complexity index is 345. The van der Waals surface area contributed by atoms with Gasteiger partial charge in [0, 0.05) is 11.6 Å². The summed E-state index contributed by atoms with van der Waals surface area (Å²) in [5.74, 6) is 1.39. The van der Waals surface area contributed by atoms with E-state index in [2.05, 4.69) is 0 Å². The summed E-state index contributed by atoms with van der Waals surface area (Å²) in [7, 11) is 3.21. The molecule has 0 unspecified atom stereocenters. The Balaban J connectivity index is 3.12. The molecule has 90 valence electrons. The van der Waals surface area contributed by atoms with Crippen molar-refractivity contribution in [1.29, 1.82) is 0 Å². The van der Waals surface area contributed by atoms with Crippen LogP contribution in [0.2, 0.25) is 0 Å². The van der Waals surface area contributed by atoms with Crippen molar-refractivity contribution in [1.82, 2.24) is 0 Å². The highest BCUT2D eigenvalue weighted by atomic mass is 16.5. The number of ether oxygens (including phenoxy) is 2. The monoisotopic (exact) mass is 224 g/mol. The maximum atomic E-state index is 10.3. The van der Waals surface area contributed by atoms with Crippen molar-refractivity contribution < 1.29 is 14.6 Å². The molecule has 0 saturated carbocycles. The van der Waals surface area contributed by atoms with Crippen LogP contribution in [-0.4, -0.2) is 19.3 Å². The minimum absolute atomic E-state index is 0.665. The van der Waals surface area contributed by atoms with Gasteiger partial charge in [0.05, 0.1) is 19.8 Å². The van der Waals surface area contributed by atoms with Crippen LogP contribution in [0.25, 0.3) is 0 Å². The van der Waals surface area contributed by atoms with E-state index < -0.39 is 5.60 Å². The molecule has 1 aromatic rings. The number of hydrogen-bond donors (Lipinski definition) is 1. The van der Waals surface area contributed by atoms with Crippen LogP contribution in [0.3, 0.4) is 0 Å². The fraction of sp³-hybridized carbons (Fsp3) is 0.538. The molecule has 1 atom stereocenters. The summed E-state index contributed by atoms with van der Waals surface area (Å²) < 4.78 is 10.4. The van der Waals surface area contributed by atoms with Crippen molar-refractivity contribution in [2.45, 2.75) is 32.3 Å². The van der Waals surface area contributed by atoms with Gasteiger partial charge in [-0.05, 0) is 25.5 Å². The molecule has 0 aliphatic heterocycles. The molecule has 1 N–H and O–H groups in total. The van der Waals surface area contributed by atoms with Crippen molar-refractivity contribution in [2.75, 3.05) is 14.2 Å². The SMILES string of the molecule is CCC[C@@](C)(O)c1ccc(OC)cc1OC. The molecule has 0 saturated heterocycles. The molecular formula is C13H20O3. The Hall–Kier alpha value is -1.22. The molecule has 0 aliphatic carbocycles. The first-order valence-electron chi connectivity index (χ1n) is 5.50. The molecule has 0 aliphatic rings. The summed E-state index contributed by atoms with van der Waals surface area (Å²) in [4.78, 5) is 0. The molecule has 0 spiro atoms. The molecule has 3 nitrogen and oxygen atoms in total. The highest BCUT2D eigenvalue weighted by molar-refractivity contribution is 5.43. The van der Waals surface area contributed by atoms with Crippen LogP contribution in [0, 0.1) is 0 Å². The van der Waals surface area contributed by atoms with Gasteiger partial charge in [0.1, 0.15) is 11.5 Å². The average Bonchev–Trinajstić information content (AvgIpc) is 2.28. The zero-order valence-electron chi connectivity index (χ0n) is 10.4. The highest BCUT2D eigenvalue weighted by Gasteiger charge is 2.25. The molecule has 0 bridgehead atoms. The van der Waals surface area contributed by atoms with Gasteiger partial charge in [-0.15, -0.1) is 0 Å². The summed E-state index contributed by atoms with van der Waals surface area (Å²) in [6.45, 7) is 3.85. The first-order valence-corrected chi connectivity index (χ1v) is 5.50. The summed E-state index contributed by atoms with van der Waals surface area (Å²) in [6, 6.07) is 5.48. The largest absolute Gasteiger partial charge is 0.497 e. The van der Waals surface area contributed by atoms with Gasteiger partial charge in [0.2, 0.25) is 0 Å². The predicted octanol–water partition coefficient (Wildman–Crippen LogP) is 2.71. The number of benzene rings is 1. The van der Waals surface area contributed by atoms with E-state index in [4.69, 9.17) is 9.47 Å². The third kappa shape index (κ3) is 2.67. The van der Waals surface area contributed by atoms with Crippen LogP contribution in [-0.2, 0) is 5.60 Å². The third-order valence-corrected chi connectivity index (χ3v) is 2.73. The van der Waals surface area contributed by atoms with Gasteiger partial charge in [-0.2, -0.15) is 0 Å². The quantitative estimate of drug-likeness (QED) is 0.835. The lowest BCUT2D eigenvalue weighted by Crippen LogP contribution is -2.21. The van der Waals surface area contributed by atoms with Crippen LogP contribution < -0.4 is 9.47 Å². The number of rotatable bonds is 5. The highest BCUT2D eigenvalue weighted by Crippen LogP contribution is 2.35. The van der Waals surface area contributed by atoms with Gasteiger partial charge < -0.3 is 14.6 Å². The molecule has 0 heterocycles. The molecule has 3 heteroatoms. The lowest BCUT2D eigenvalue weighted by atomic mass is 9.90. The van der Waals surface area contributed by atoms with Crippen LogP contribution >= 0.6 is 0 Å². The summed E-state index contributed by atoms with van der Waals surface area (Å²) in [5.41, 5.74) is -0.0514. The molecule has 1 aromatic carbocycles. The Morgan fingerprint density at radius 2 is 1.94 bits per heavy atom. The summed E-state index contributed by atoms with van der Waals surface area (Å²) in [6.07, 6.45) is 1.62. The lowest BCUT2D eigenvalue weighted by Gasteiger charge is -2.25. The fourth-order valence-corrected chi connectivity index (χ4v) is 1.86. The number of methoxy groups -OCH3 is 2. The minimum Gasteiger partial charge on any atom is -0.497 e. The lowest BCUT2D eigenvalue weighted by molar-refractivity contribution is 0.0444. The van der Waals surface area contributed by atoms with E-state index in [0.717, 1.165) is 17.7 Å². The fourth-order valence-electron chi connectivity index (χ4n) is 1.86. The summed E-state index contributed by atoms with van der Waals surface area (Å²) in [5, 5.41) is 10.3. The maximum Gasteiger partial charge on any atom is 0.128 e. The smallest absolute Gasteiger partial charge is 0.128 e. The van der Waals surface area contributed by atoms with Crippen molar-refractivity contribution in [3.05, 3.63) is 23.8 Å². The molecule has 0 radical (unpaired) electrons. The second-order valence-electron chi connectivity index (χ2n) is 4.09. The van der Waals surface area contributed by atoms with E-state index in [1.807, 2.05) is 19.1 Å². The molecule has 16 heavy (non-hydrogen) atoms. The topological polar surface area (TPSA) is 38.7 Å². The van der Waals surface area contributed by atoms with Crippen molar-refractivity contribution in [2.24, 2.45) is 0 Å². The van der Waals surface area contributed by atoms with E-state index in [1.165, 1.54) is 0 Å². The Labute approximate surface area is 97.0 Å². The second-order valence-corrected chi connectivity index (χ2v) is 4.09. The number of aliphatic hydroxyl groups is 1. The van der Waals surface area contributed by atoms with E-state index in [-0.39, 0.29) is 0 Å². The first-order chi connectivity index (χ1) is 7.55. The van der Waals surface area contributed by atoms with Crippen LogP contribution in [0.4, 0.5) is 0 Å². The molecule has 0 amide bonds. The minimum atomic E-state index is -0.855. The van der Waals surface area contributed by atoms with Crippen molar-refractivity contribution in [3.8, 4) is 11.5 Å². The van der Waals surface area contributed by atoms with Gasteiger partial charge in [0.25, 0.3) is 0 Å². The van der Waals surface area contributed by atoms with Gasteiger partial charge in [-0.1, -0.05) is 13.3 Å². The van der Waals surface area contributed by atoms with E-state index >= 15 is 0 Å². The van der Waals surface area contributed by atoms with E-state index in [9.17, 15) is 5.11 Å². The third-order valence-electron chi connectivity index (χ3n) is 2.73. The first kappa shape index (κ1) is 12.8. The van der Waals surface area contributed by atoms with Gasteiger partial charge in [-0.25, -0.2) is 0 Å². The molecule has 1 rings (SSSR count). The number of hydrogen-bond acceptors (Lipinski definition) is 3. The Morgan fingerprint density at radius 3 is 2.44 bits per heavy atom. The summed E-state index contributed by atoms with van der Waals surface area (Å²) >= 11 is 0. The Kier molecular flexibility index (Phi) is 4.19. The van der Waals surface area contributed by atoms with E-state index in [1.54, 1.807) is 27.2 Å². The van der Waals surface area contributed by atoms with Gasteiger partial charge in [0.15, 0.2) is 0 Å².